The van der Waals surface area contributed by atoms with Crippen molar-refractivity contribution in [2.45, 2.75) is 26.8 Å². The number of aromatic nitrogens is 2. The highest BCUT2D eigenvalue weighted by Crippen LogP contribution is 2.33. The Morgan fingerprint density at radius 1 is 1.16 bits per heavy atom. The summed E-state index contributed by atoms with van der Waals surface area (Å²) in [7, 11) is 1.59. The van der Waals surface area contributed by atoms with Crippen LogP contribution < -0.4 is 19.8 Å². The number of ether oxygens (including phenoxy) is 3. The number of rotatable bonds is 7. The molecule has 166 valence electrons. The van der Waals surface area contributed by atoms with Gasteiger partial charge in [0.1, 0.15) is 10.9 Å². The molecular weight excluding hydrogens is 432 g/mol. The largest absolute Gasteiger partial charge is 0.497 e. The van der Waals surface area contributed by atoms with Gasteiger partial charge in [0.05, 0.1) is 19.3 Å². The molecule has 0 saturated carbocycles. The quantitative estimate of drug-likeness (QED) is 0.500. The first-order chi connectivity index (χ1) is 15.4. The molecule has 2 aromatic carbocycles. The highest BCUT2D eigenvalue weighted by atomic mass is 35.5. The summed E-state index contributed by atoms with van der Waals surface area (Å²) >= 11 is 6.50. The van der Waals surface area contributed by atoms with E-state index in [2.05, 4.69) is 4.98 Å². The van der Waals surface area contributed by atoms with E-state index >= 15 is 0 Å². The number of halogens is 1. The van der Waals surface area contributed by atoms with Gasteiger partial charge < -0.3 is 18.8 Å². The highest BCUT2D eigenvalue weighted by molar-refractivity contribution is 6.30. The van der Waals surface area contributed by atoms with Gasteiger partial charge in [-0.15, -0.1) is 0 Å². The normalized spacial score (nSPS) is 12.3. The molecule has 0 N–H and O–H groups in total. The van der Waals surface area contributed by atoms with Crippen molar-refractivity contribution in [1.29, 1.82) is 0 Å². The van der Waals surface area contributed by atoms with Gasteiger partial charge in [-0.05, 0) is 48.2 Å². The predicted octanol–water partition coefficient (Wildman–Crippen LogP) is 4.11. The molecule has 0 saturated heterocycles. The molecule has 0 fully saturated rings. The van der Waals surface area contributed by atoms with Crippen LogP contribution in [0.25, 0.3) is 0 Å². The van der Waals surface area contributed by atoms with E-state index in [9.17, 15) is 9.59 Å². The Labute approximate surface area is 190 Å². The molecule has 0 atom stereocenters. The van der Waals surface area contributed by atoms with Crippen LogP contribution in [0.2, 0.25) is 5.15 Å². The van der Waals surface area contributed by atoms with Crippen LogP contribution in [0.1, 0.15) is 41.2 Å². The number of hydrogen-bond acceptors (Lipinski definition) is 6. The number of fused-ring (bicyclic) bond motifs is 1. The monoisotopic (exact) mass is 454 g/mol. The zero-order valence-corrected chi connectivity index (χ0v) is 18.8. The second-order valence-corrected chi connectivity index (χ2v) is 8.29. The summed E-state index contributed by atoms with van der Waals surface area (Å²) < 4.78 is 17.4. The van der Waals surface area contributed by atoms with Gasteiger partial charge in [-0.1, -0.05) is 37.6 Å². The summed E-state index contributed by atoms with van der Waals surface area (Å²) in [5, 5.41) is 0.149. The van der Waals surface area contributed by atoms with Gasteiger partial charge in [-0.25, -0.2) is 4.98 Å². The number of nitrogens with zero attached hydrogens (tertiary/aromatic N) is 2. The summed E-state index contributed by atoms with van der Waals surface area (Å²) in [4.78, 5) is 30.8. The van der Waals surface area contributed by atoms with Crippen LogP contribution >= 0.6 is 11.6 Å². The van der Waals surface area contributed by atoms with Gasteiger partial charge in [0.15, 0.2) is 17.2 Å². The number of benzene rings is 2. The Hall–Kier alpha value is -3.32. The van der Waals surface area contributed by atoms with E-state index in [1.54, 1.807) is 25.3 Å². The fourth-order valence-corrected chi connectivity index (χ4v) is 3.82. The van der Waals surface area contributed by atoms with Gasteiger partial charge in [0.2, 0.25) is 12.6 Å². The van der Waals surface area contributed by atoms with Crippen molar-refractivity contribution in [3.05, 3.63) is 80.5 Å². The molecule has 3 aromatic rings. The summed E-state index contributed by atoms with van der Waals surface area (Å²) in [6.45, 7) is 4.42. The van der Waals surface area contributed by atoms with E-state index in [0.717, 1.165) is 11.3 Å². The van der Waals surface area contributed by atoms with Crippen molar-refractivity contribution in [2.75, 3.05) is 13.9 Å². The minimum atomic E-state index is -0.519. The van der Waals surface area contributed by atoms with Crippen molar-refractivity contribution in [1.82, 2.24) is 9.55 Å². The highest BCUT2D eigenvalue weighted by Gasteiger charge is 2.24. The second-order valence-electron chi connectivity index (χ2n) is 7.93. The zero-order valence-electron chi connectivity index (χ0n) is 18.1. The van der Waals surface area contributed by atoms with E-state index in [1.807, 2.05) is 38.1 Å². The number of carbonyl (C=O) groups excluding carboxylic acids is 1. The lowest BCUT2D eigenvalue weighted by Crippen LogP contribution is -2.32. The third-order valence-corrected chi connectivity index (χ3v) is 5.48. The lowest BCUT2D eigenvalue weighted by atomic mass is 10.1. The maximum absolute atomic E-state index is 13.4. The molecule has 0 aliphatic carbocycles. The lowest BCUT2D eigenvalue weighted by molar-refractivity contribution is 0.103. The average Bonchev–Trinajstić information content (AvgIpc) is 3.26. The molecule has 32 heavy (non-hydrogen) atoms. The molecule has 1 aliphatic rings. The van der Waals surface area contributed by atoms with Gasteiger partial charge in [-0.2, -0.15) is 0 Å². The molecule has 0 amide bonds. The third kappa shape index (κ3) is 4.34. The van der Waals surface area contributed by atoms with E-state index in [0.29, 0.717) is 23.6 Å². The van der Waals surface area contributed by atoms with Crippen LogP contribution in [0.3, 0.4) is 0 Å². The Balaban J connectivity index is 1.78. The van der Waals surface area contributed by atoms with Crippen molar-refractivity contribution >= 4 is 17.4 Å². The lowest BCUT2D eigenvalue weighted by Gasteiger charge is -2.17. The summed E-state index contributed by atoms with van der Waals surface area (Å²) in [6, 6.07) is 12.2. The maximum Gasteiger partial charge on any atom is 0.281 e. The molecule has 2 heterocycles. The number of ketones is 1. The molecule has 0 spiro atoms. The molecule has 0 radical (unpaired) electrons. The fourth-order valence-electron chi connectivity index (χ4n) is 3.56. The molecule has 0 unspecified atom stereocenters. The molecule has 4 rings (SSSR count). The standard InChI is InChI=1S/C24H23ClN2O5/c1-14(2)10-18-23(25)26-21(22(28)16-6-9-19-20(11-16)32-13-31-19)24(29)27(18)12-15-4-7-17(30-3)8-5-15/h4-9,11,14H,10,12-13H2,1-3H3. The fraction of sp³-hybridized carbons (Fsp3) is 0.292. The number of carbonyl (C=O) groups is 1. The van der Waals surface area contributed by atoms with Crippen molar-refractivity contribution in [2.24, 2.45) is 5.92 Å². The molecule has 1 aliphatic heterocycles. The SMILES string of the molecule is COc1ccc(Cn2c(CC(C)C)c(Cl)nc(C(=O)c3ccc4c(c3)OCO4)c2=O)cc1. The first kappa shape index (κ1) is 21.9. The summed E-state index contributed by atoms with van der Waals surface area (Å²) in [6.07, 6.45) is 0.551. The Morgan fingerprint density at radius 3 is 2.56 bits per heavy atom. The van der Waals surface area contributed by atoms with Crippen molar-refractivity contribution in [3.63, 3.8) is 0 Å². The summed E-state index contributed by atoms with van der Waals surface area (Å²) in [5.41, 5.74) is 1.05. The van der Waals surface area contributed by atoms with Crippen LogP contribution in [0, 0.1) is 5.92 Å². The van der Waals surface area contributed by atoms with Crippen molar-refractivity contribution < 1.29 is 19.0 Å². The molecule has 8 heteroatoms. The van der Waals surface area contributed by atoms with E-state index in [1.165, 1.54) is 4.57 Å². The van der Waals surface area contributed by atoms with E-state index < -0.39 is 11.3 Å². The van der Waals surface area contributed by atoms with Crippen LogP contribution in [0.4, 0.5) is 0 Å². The van der Waals surface area contributed by atoms with Crippen LogP contribution in [-0.4, -0.2) is 29.2 Å². The van der Waals surface area contributed by atoms with Crippen molar-refractivity contribution in [3.8, 4) is 17.2 Å². The topological polar surface area (TPSA) is 79.7 Å². The molecule has 7 nitrogen and oxygen atoms in total. The zero-order chi connectivity index (χ0) is 22.8. The minimum Gasteiger partial charge on any atom is -0.497 e. The third-order valence-electron chi connectivity index (χ3n) is 5.17. The van der Waals surface area contributed by atoms with Gasteiger partial charge >= 0.3 is 0 Å². The van der Waals surface area contributed by atoms with Crippen LogP contribution in [0.5, 0.6) is 17.2 Å². The first-order valence-electron chi connectivity index (χ1n) is 10.2. The Kier molecular flexibility index (Phi) is 6.19. The molecule has 1 aromatic heterocycles. The predicted molar refractivity (Wildman–Crippen MR) is 120 cm³/mol. The van der Waals surface area contributed by atoms with Crippen LogP contribution in [0.15, 0.2) is 47.3 Å². The maximum atomic E-state index is 13.4. The van der Waals surface area contributed by atoms with Gasteiger partial charge in [0, 0.05) is 5.56 Å². The van der Waals surface area contributed by atoms with Gasteiger partial charge in [0.25, 0.3) is 5.56 Å². The average molecular weight is 455 g/mol. The van der Waals surface area contributed by atoms with Gasteiger partial charge in [-0.3, -0.25) is 9.59 Å². The van der Waals surface area contributed by atoms with E-state index in [-0.39, 0.29) is 35.7 Å². The molecule has 0 bridgehead atoms. The minimum absolute atomic E-state index is 0.0929. The first-order valence-corrected chi connectivity index (χ1v) is 10.6. The summed E-state index contributed by atoms with van der Waals surface area (Å²) in [5.74, 6) is 1.45. The van der Waals surface area contributed by atoms with E-state index in [4.69, 9.17) is 25.8 Å². The number of methoxy groups -OCH3 is 1. The second kappa shape index (κ2) is 9.04. The van der Waals surface area contributed by atoms with Crippen LogP contribution in [-0.2, 0) is 13.0 Å². The number of hydrogen-bond donors (Lipinski definition) is 0. The molecular formula is C24H23ClN2O5. The Bertz CT molecular complexity index is 1220. The smallest absolute Gasteiger partial charge is 0.281 e. The Morgan fingerprint density at radius 2 is 1.88 bits per heavy atom.